The summed E-state index contributed by atoms with van der Waals surface area (Å²) in [6, 6.07) is 0. The Hall–Kier alpha value is -0.630. The van der Waals surface area contributed by atoms with Gasteiger partial charge in [-0.3, -0.25) is 0 Å². The third kappa shape index (κ3) is 4.01. The summed E-state index contributed by atoms with van der Waals surface area (Å²) >= 11 is 0. The van der Waals surface area contributed by atoms with Gasteiger partial charge in [0.2, 0.25) is 5.95 Å². The molecule has 0 aliphatic carbocycles. The second-order valence-corrected chi connectivity index (χ2v) is 7.56. The summed E-state index contributed by atoms with van der Waals surface area (Å²) in [6.07, 6.45) is 5.95. The van der Waals surface area contributed by atoms with Gasteiger partial charge in [0, 0.05) is 31.8 Å². The van der Waals surface area contributed by atoms with Gasteiger partial charge in [0.15, 0.2) is 9.84 Å². The topological polar surface area (TPSA) is 75.2 Å². The van der Waals surface area contributed by atoms with Crippen molar-refractivity contribution in [2.45, 2.75) is 30.1 Å². The van der Waals surface area contributed by atoms with Crippen LogP contribution in [0.5, 0.6) is 0 Å². The van der Waals surface area contributed by atoms with E-state index >= 15 is 0 Å². The van der Waals surface area contributed by atoms with E-state index in [4.69, 9.17) is 0 Å². The van der Waals surface area contributed by atoms with Gasteiger partial charge in [-0.2, -0.15) is 0 Å². The first-order chi connectivity index (χ1) is 9.55. The van der Waals surface area contributed by atoms with Crippen LogP contribution in [0.3, 0.4) is 0 Å². The molecule has 22 heavy (non-hydrogen) atoms. The van der Waals surface area contributed by atoms with Gasteiger partial charge in [0.05, 0.1) is 11.9 Å². The van der Waals surface area contributed by atoms with Crippen molar-refractivity contribution in [3.05, 3.63) is 11.9 Å². The fraction of sp³-hybridized carbons (Fsp3) is 0.692. The number of hydrogen-bond acceptors (Lipinski definition) is 6. The lowest BCUT2D eigenvalue weighted by Crippen LogP contribution is -2.23. The Morgan fingerprint density at radius 1 is 1.27 bits per heavy atom. The van der Waals surface area contributed by atoms with Crippen LogP contribution in [0.1, 0.15) is 30.9 Å². The maximum Gasteiger partial charge on any atom is 0.225 e. The normalized spacial score (nSPS) is 21.3. The molecule has 126 valence electrons. The van der Waals surface area contributed by atoms with Gasteiger partial charge in [-0.05, 0) is 25.8 Å². The molecule has 3 rings (SSSR count). The van der Waals surface area contributed by atoms with E-state index in [1.54, 1.807) is 0 Å². The molecule has 1 aromatic heterocycles. The molecule has 2 aliphatic rings. The summed E-state index contributed by atoms with van der Waals surface area (Å²) in [6.45, 7) is 3.62. The van der Waals surface area contributed by atoms with E-state index in [0.29, 0.717) is 11.6 Å². The number of sulfone groups is 1. The zero-order valence-corrected chi connectivity index (χ0v) is 14.9. The molecule has 2 aliphatic heterocycles. The minimum atomic E-state index is -3.28. The van der Waals surface area contributed by atoms with Crippen molar-refractivity contribution in [1.29, 1.82) is 0 Å². The molecule has 0 amide bonds. The molecule has 6 nitrogen and oxygen atoms in total. The molecule has 0 aromatic carbocycles. The Morgan fingerprint density at radius 2 is 1.95 bits per heavy atom. The van der Waals surface area contributed by atoms with Gasteiger partial charge >= 0.3 is 0 Å². The Bertz CT molecular complexity index is 600. The van der Waals surface area contributed by atoms with Crippen molar-refractivity contribution in [1.82, 2.24) is 15.3 Å². The van der Waals surface area contributed by atoms with Gasteiger partial charge in [0.25, 0.3) is 0 Å². The number of rotatable bonds is 3. The van der Waals surface area contributed by atoms with Crippen LogP contribution in [0, 0.1) is 0 Å². The van der Waals surface area contributed by atoms with E-state index in [2.05, 4.69) is 20.2 Å². The van der Waals surface area contributed by atoms with Gasteiger partial charge < -0.3 is 10.2 Å². The first kappa shape index (κ1) is 19.4. The number of nitrogens with zero attached hydrogens (tertiary/aromatic N) is 3. The minimum Gasteiger partial charge on any atom is -0.341 e. The minimum absolute atomic E-state index is 0. The molecule has 9 heteroatoms. The first-order valence-corrected chi connectivity index (χ1v) is 8.97. The van der Waals surface area contributed by atoms with Gasteiger partial charge in [-0.25, -0.2) is 18.4 Å². The third-order valence-electron chi connectivity index (χ3n) is 4.01. The van der Waals surface area contributed by atoms with Crippen LogP contribution in [-0.2, 0) is 9.84 Å². The molecule has 3 heterocycles. The fourth-order valence-corrected chi connectivity index (χ4v) is 3.75. The molecule has 0 spiro atoms. The quantitative estimate of drug-likeness (QED) is 0.868. The summed E-state index contributed by atoms with van der Waals surface area (Å²) in [5, 5.41) is 3.27. The van der Waals surface area contributed by atoms with E-state index < -0.39 is 9.84 Å². The average Bonchev–Trinajstić information content (AvgIpc) is 3.10. The van der Waals surface area contributed by atoms with Crippen LogP contribution in [0.2, 0.25) is 0 Å². The lowest BCUT2D eigenvalue weighted by molar-refractivity contribution is 0.595. The Labute approximate surface area is 143 Å². The summed E-state index contributed by atoms with van der Waals surface area (Å²) in [5.41, 5.74) is 0.689. The highest BCUT2D eigenvalue weighted by atomic mass is 35.5. The van der Waals surface area contributed by atoms with Crippen molar-refractivity contribution in [3.8, 4) is 0 Å². The van der Waals surface area contributed by atoms with Crippen molar-refractivity contribution >= 4 is 40.6 Å². The highest BCUT2D eigenvalue weighted by Gasteiger charge is 2.27. The number of anilines is 1. The van der Waals surface area contributed by atoms with Gasteiger partial charge in [-0.1, -0.05) is 0 Å². The highest BCUT2D eigenvalue weighted by Crippen LogP contribution is 2.28. The number of halogens is 2. The SMILES string of the molecule is CS(=O)(=O)c1cnc(N2CCCC2)nc1C1CCNC1.Cl.Cl. The monoisotopic (exact) mass is 368 g/mol. The van der Waals surface area contributed by atoms with Gasteiger partial charge in [0.1, 0.15) is 4.90 Å². The third-order valence-corrected chi connectivity index (χ3v) is 5.12. The Balaban J connectivity index is 0.00000121. The van der Waals surface area contributed by atoms with Crippen molar-refractivity contribution in [3.63, 3.8) is 0 Å². The maximum absolute atomic E-state index is 11.9. The van der Waals surface area contributed by atoms with Crippen LogP contribution in [0.15, 0.2) is 11.1 Å². The van der Waals surface area contributed by atoms with Crippen molar-refractivity contribution < 1.29 is 8.42 Å². The number of nitrogens with one attached hydrogen (secondary N) is 1. The van der Waals surface area contributed by atoms with E-state index in [1.165, 1.54) is 12.5 Å². The highest BCUT2D eigenvalue weighted by molar-refractivity contribution is 7.90. The number of aromatic nitrogens is 2. The molecule has 1 unspecified atom stereocenters. The molecule has 1 aromatic rings. The lowest BCUT2D eigenvalue weighted by atomic mass is 10.1. The Kier molecular flexibility index (Phi) is 6.85. The van der Waals surface area contributed by atoms with Crippen LogP contribution in [0.4, 0.5) is 5.95 Å². The summed E-state index contributed by atoms with van der Waals surface area (Å²) in [4.78, 5) is 11.3. The molecule has 2 saturated heterocycles. The summed E-state index contributed by atoms with van der Waals surface area (Å²) in [7, 11) is -3.28. The predicted molar refractivity (Wildman–Crippen MR) is 91.3 cm³/mol. The fourth-order valence-electron chi connectivity index (χ4n) is 2.91. The van der Waals surface area contributed by atoms with Crippen LogP contribution in [-0.4, -0.2) is 50.8 Å². The van der Waals surface area contributed by atoms with Gasteiger partial charge in [-0.15, -0.1) is 24.8 Å². The molecule has 0 bridgehead atoms. The molecule has 0 radical (unpaired) electrons. The molecule has 1 atom stereocenters. The second-order valence-electron chi connectivity index (χ2n) is 5.58. The number of hydrogen-bond donors (Lipinski definition) is 1. The van der Waals surface area contributed by atoms with Crippen LogP contribution >= 0.6 is 24.8 Å². The largest absolute Gasteiger partial charge is 0.341 e. The maximum atomic E-state index is 11.9. The van der Waals surface area contributed by atoms with E-state index in [0.717, 1.165) is 45.4 Å². The predicted octanol–water partition coefficient (Wildman–Crippen LogP) is 1.40. The summed E-state index contributed by atoms with van der Waals surface area (Å²) in [5.74, 6) is 0.848. The second kappa shape index (κ2) is 7.77. The van der Waals surface area contributed by atoms with E-state index in [-0.39, 0.29) is 35.6 Å². The molecule has 0 saturated carbocycles. The van der Waals surface area contributed by atoms with E-state index in [1.807, 2.05) is 0 Å². The molecular weight excluding hydrogens is 347 g/mol. The van der Waals surface area contributed by atoms with Crippen LogP contribution < -0.4 is 10.2 Å². The summed E-state index contributed by atoms with van der Waals surface area (Å²) < 4.78 is 23.9. The molecule has 1 N–H and O–H groups in total. The molecular formula is C13H22Cl2N4O2S. The standard InChI is InChI=1S/C13H20N4O2S.2ClH/c1-20(18,19)11-9-15-13(17-6-2-3-7-17)16-12(11)10-4-5-14-8-10;;/h9-10,14H,2-8H2,1H3;2*1H. The first-order valence-electron chi connectivity index (χ1n) is 7.08. The average molecular weight is 369 g/mol. The zero-order valence-electron chi connectivity index (χ0n) is 12.5. The van der Waals surface area contributed by atoms with E-state index in [9.17, 15) is 8.42 Å². The van der Waals surface area contributed by atoms with Crippen molar-refractivity contribution in [2.75, 3.05) is 37.3 Å². The zero-order chi connectivity index (χ0) is 14.2. The van der Waals surface area contributed by atoms with Crippen molar-refractivity contribution in [2.24, 2.45) is 0 Å². The Morgan fingerprint density at radius 3 is 2.50 bits per heavy atom. The smallest absolute Gasteiger partial charge is 0.225 e. The molecule has 2 fully saturated rings. The lowest BCUT2D eigenvalue weighted by Gasteiger charge is -2.19. The van der Waals surface area contributed by atoms with Crippen LogP contribution in [0.25, 0.3) is 0 Å².